The molecule has 0 bridgehead atoms. The van der Waals surface area contributed by atoms with E-state index >= 15 is 0 Å². The van der Waals surface area contributed by atoms with Gasteiger partial charge in [0.15, 0.2) is 17.6 Å². The van der Waals surface area contributed by atoms with Crippen molar-refractivity contribution in [3.8, 4) is 17.2 Å². The van der Waals surface area contributed by atoms with Crippen LogP contribution in [0.5, 0.6) is 17.2 Å². The molecule has 154 valence electrons. The van der Waals surface area contributed by atoms with E-state index in [1.54, 1.807) is 49.4 Å². The van der Waals surface area contributed by atoms with Crippen LogP contribution in [0.2, 0.25) is 5.02 Å². The number of carbonyl (C=O) groups excluding carboxylic acids is 1. The Morgan fingerprint density at radius 2 is 1.90 bits per heavy atom. The van der Waals surface area contributed by atoms with Crippen LogP contribution in [0.15, 0.2) is 57.7 Å². The highest BCUT2D eigenvalue weighted by atomic mass is 35.5. The van der Waals surface area contributed by atoms with Crippen LogP contribution in [-0.4, -0.2) is 24.2 Å². The van der Waals surface area contributed by atoms with Crippen LogP contribution in [0.25, 0.3) is 0 Å². The Kier molecular flexibility index (Phi) is 5.13. The topological polar surface area (TPSA) is 98.0 Å². The first-order valence-corrected chi connectivity index (χ1v) is 9.50. The highest BCUT2D eigenvalue weighted by Gasteiger charge is 2.43. The SMILES string of the molecule is COc1ccc([C@@H]2c3c(cc(C)oc3=O)O[C@@H]2C(=O)Nc2ccc(Cl)cc2)cc1O. The summed E-state index contributed by atoms with van der Waals surface area (Å²) >= 11 is 5.89. The summed E-state index contributed by atoms with van der Waals surface area (Å²) in [5.74, 6) is -0.422. The van der Waals surface area contributed by atoms with Gasteiger partial charge < -0.3 is 24.3 Å². The maximum atomic E-state index is 13.1. The molecule has 2 heterocycles. The van der Waals surface area contributed by atoms with Crippen molar-refractivity contribution in [3.05, 3.63) is 80.9 Å². The number of carbonyl (C=O) groups is 1. The molecule has 0 radical (unpaired) electrons. The van der Waals surface area contributed by atoms with E-state index in [9.17, 15) is 14.7 Å². The number of ether oxygens (including phenoxy) is 2. The number of benzene rings is 2. The second kappa shape index (κ2) is 7.76. The molecule has 2 aromatic carbocycles. The summed E-state index contributed by atoms with van der Waals surface area (Å²) in [6.07, 6.45) is -1.05. The first-order chi connectivity index (χ1) is 14.4. The fraction of sp³-hybridized carbons (Fsp3) is 0.182. The number of methoxy groups -OCH3 is 1. The first-order valence-electron chi connectivity index (χ1n) is 9.12. The lowest BCUT2D eigenvalue weighted by atomic mass is 9.88. The number of phenols is 1. The van der Waals surface area contributed by atoms with Gasteiger partial charge in [-0.1, -0.05) is 17.7 Å². The van der Waals surface area contributed by atoms with Crippen LogP contribution < -0.4 is 20.4 Å². The molecule has 2 N–H and O–H groups in total. The molecule has 0 saturated carbocycles. The summed E-state index contributed by atoms with van der Waals surface area (Å²) in [6.45, 7) is 1.63. The Bertz CT molecular complexity index is 1170. The van der Waals surface area contributed by atoms with Crippen LogP contribution in [0.4, 0.5) is 5.69 Å². The molecule has 0 unspecified atom stereocenters. The van der Waals surface area contributed by atoms with E-state index in [0.717, 1.165) is 0 Å². The van der Waals surface area contributed by atoms with Crippen LogP contribution in [-0.2, 0) is 4.79 Å². The number of fused-ring (bicyclic) bond motifs is 1. The van der Waals surface area contributed by atoms with Gasteiger partial charge in [-0.2, -0.15) is 0 Å². The van der Waals surface area contributed by atoms with Crippen molar-refractivity contribution in [2.45, 2.75) is 18.9 Å². The average molecular weight is 428 g/mol. The number of phenolic OH excluding ortho intramolecular Hbond substituents is 1. The number of aromatic hydroxyl groups is 1. The third kappa shape index (κ3) is 3.59. The van der Waals surface area contributed by atoms with E-state index in [-0.39, 0.29) is 22.8 Å². The number of aryl methyl sites for hydroxylation is 1. The minimum Gasteiger partial charge on any atom is -0.504 e. The van der Waals surface area contributed by atoms with Crippen LogP contribution in [0.1, 0.15) is 22.8 Å². The second-order valence-corrected chi connectivity index (χ2v) is 7.30. The van der Waals surface area contributed by atoms with Gasteiger partial charge in [-0.3, -0.25) is 4.79 Å². The number of hydrogen-bond acceptors (Lipinski definition) is 6. The van der Waals surface area contributed by atoms with Crippen molar-refractivity contribution in [2.75, 3.05) is 12.4 Å². The van der Waals surface area contributed by atoms with Gasteiger partial charge >= 0.3 is 5.63 Å². The summed E-state index contributed by atoms with van der Waals surface area (Å²) in [4.78, 5) is 25.7. The van der Waals surface area contributed by atoms with Gasteiger partial charge in [0.2, 0.25) is 0 Å². The predicted octanol–water partition coefficient (Wildman–Crippen LogP) is 3.85. The Morgan fingerprint density at radius 3 is 2.57 bits per heavy atom. The largest absolute Gasteiger partial charge is 0.504 e. The highest BCUT2D eigenvalue weighted by molar-refractivity contribution is 6.30. The highest BCUT2D eigenvalue weighted by Crippen LogP contribution is 2.43. The molecule has 8 heteroatoms. The number of halogens is 1. The lowest BCUT2D eigenvalue weighted by Gasteiger charge is -2.19. The Balaban J connectivity index is 1.76. The number of amides is 1. The Morgan fingerprint density at radius 1 is 1.17 bits per heavy atom. The summed E-state index contributed by atoms with van der Waals surface area (Å²) in [7, 11) is 1.43. The molecule has 0 aliphatic carbocycles. The molecule has 1 aromatic heterocycles. The molecule has 3 aromatic rings. The molecule has 0 spiro atoms. The lowest BCUT2D eigenvalue weighted by molar-refractivity contribution is -0.122. The van der Waals surface area contributed by atoms with Gasteiger partial charge in [0.25, 0.3) is 5.91 Å². The zero-order chi connectivity index (χ0) is 21.4. The van der Waals surface area contributed by atoms with Crippen molar-refractivity contribution >= 4 is 23.2 Å². The van der Waals surface area contributed by atoms with Crippen molar-refractivity contribution in [1.82, 2.24) is 0 Å². The zero-order valence-corrected chi connectivity index (χ0v) is 16.9. The molecule has 7 nitrogen and oxygen atoms in total. The van der Waals surface area contributed by atoms with E-state index in [1.807, 2.05) is 0 Å². The molecule has 30 heavy (non-hydrogen) atoms. The third-order valence-corrected chi connectivity index (χ3v) is 5.13. The number of anilines is 1. The lowest BCUT2D eigenvalue weighted by Crippen LogP contribution is -2.35. The van der Waals surface area contributed by atoms with E-state index in [2.05, 4.69) is 5.32 Å². The van der Waals surface area contributed by atoms with Crippen LogP contribution >= 0.6 is 11.6 Å². The molecule has 0 fully saturated rings. The van der Waals surface area contributed by atoms with Gasteiger partial charge in [-0.05, 0) is 48.9 Å². The maximum Gasteiger partial charge on any atom is 0.343 e. The molecule has 1 aliphatic heterocycles. The van der Waals surface area contributed by atoms with Crippen LogP contribution in [0, 0.1) is 6.92 Å². The zero-order valence-electron chi connectivity index (χ0n) is 16.1. The van der Waals surface area contributed by atoms with E-state index in [0.29, 0.717) is 22.0 Å². The second-order valence-electron chi connectivity index (χ2n) is 6.87. The van der Waals surface area contributed by atoms with E-state index in [4.69, 9.17) is 25.5 Å². The van der Waals surface area contributed by atoms with Crippen LogP contribution in [0.3, 0.4) is 0 Å². The van der Waals surface area contributed by atoms with Gasteiger partial charge in [0, 0.05) is 16.8 Å². The van der Waals surface area contributed by atoms with E-state index < -0.39 is 23.6 Å². The number of hydrogen-bond donors (Lipinski definition) is 2. The summed E-state index contributed by atoms with van der Waals surface area (Å²) in [6, 6.07) is 12.9. The molecule has 0 saturated heterocycles. The minimum atomic E-state index is -1.05. The first kappa shape index (κ1) is 19.8. The quantitative estimate of drug-likeness (QED) is 0.656. The van der Waals surface area contributed by atoms with Gasteiger partial charge in [0.05, 0.1) is 18.6 Å². The maximum absolute atomic E-state index is 13.1. The summed E-state index contributed by atoms with van der Waals surface area (Å²) in [5.41, 5.74) is 0.677. The molecular formula is C22H18ClNO6. The standard InChI is InChI=1S/C22H18ClNO6/c1-11-9-17-19(22(27)29-11)18(12-3-8-16(28-2)15(25)10-12)20(30-17)21(26)24-14-6-4-13(23)5-7-14/h3-10,18,20,25H,1-2H3,(H,24,26)/t18-,20+/m1/s1. The molecule has 2 atom stereocenters. The van der Waals surface area contributed by atoms with Crippen molar-refractivity contribution in [3.63, 3.8) is 0 Å². The molecule has 1 aliphatic rings. The third-order valence-electron chi connectivity index (χ3n) is 4.87. The van der Waals surface area contributed by atoms with Crippen molar-refractivity contribution < 1.29 is 23.8 Å². The normalized spacial score (nSPS) is 17.2. The Labute approximate surface area is 176 Å². The molecule has 4 rings (SSSR count). The summed E-state index contributed by atoms with van der Waals surface area (Å²) < 4.78 is 16.2. The summed E-state index contributed by atoms with van der Waals surface area (Å²) in [5, 5.41) is 13.5. The fourth-order valence-electron chi connectivity index (χ4n) is 3.52. The molecular weight excluding hydrogens is 410 g/mol. The van der Waals surface area contributed by atoms with Gasteiger partial charge in [-0.25, -0.2) is 4.79 Å². The fourth-order valence-corrected chi connectivity index (χ4v) is 3.65. The monoisotopic (exact) mass is 427 g/mol. The average Bonchev–Trinajstić information content (AvgIpc) is 3.09. The van der Waals surface area contributed by atoms with Gasteiger partial charge in [0.1, 0.15) is 11.5 Å². The smallest absolute Gasteiger partial charge is 0.343 e. The van der Waals surface area contributed by atoms with Crippen molar-refractivity contribution in [1.29, 1.82) is 0 Å². The predicted molar refractivity (Wildman–Crippen MR) is 111 cm³/mol. The van der Waals surface area contributed by atoms with Crippen molar-refractivity contribution in [2.24, 2.45) is 0 Å². The van der Waals surface area contributed by atoms with E-state index in [1.165, 1.54) is 13.2 Å². The Hall–Kier alpha value is -3.45. The number of nitrogens with one attached hydrogen (secondary N) is 1. The molecule has 1 amide bonds. The number of rotatable bonds is 4. The minimum absolute atomic E-state index is 0.114. The van der Waals surface area contributed by atoms with Gasteiger partial charge in [-0.15, -0.1) is 0 Å².